The molecule has 35 heavy (non-hydrogen) atoms. The molecule has 5 rings (SSSR count). The first-order valence-electron chi connectivity index (χ1n) is 12.7. The molecule has 0 unspecified atom stereocenters. The van der Waals surface area contributed by atoms with Crippen molar-refractivity contribution in [1.82, 2.24) is 14.8 Å². The lowest BCUT2D eigenvalue weighted by Crippen LogP contribution is -2.41. The van der Waals surface area contributed by atoms with Gasteiger partial charge in [0.05, 0.1) is 11.1 Å². The number of carbonyl (C=O) groups is 2. The van der Waals surface area contributed by atoms with E-state index < -0.39 is 5.97 Å². The van der Waals surface area contributed by atoms with Crippen LogP contribution in [0.1, 0.15) is 46.9 Å². The summed E-state index contributed by atoms with van der Waals surface area (Å²) < 4.78 is 5.63. The third-order valence-corrected chi connectivity index (χ3v) is 7.44. The number of rotatable bonds is 6. The molecule has 0 N–H and O–H groups in total. The monoisotopic (exact) mass is 471 g/mol. The number of piperidine rings is 1. The van der Waals surface area contributed by atoms with Gasteiger partial charge in [0.15, 0.2) is 6.61 Å². The van der Waals surface area contributed by atoms with E-state index in [9.17, 15) is 9.59 Å². The third-order valence-electron chi connectivity index (χ3n) is 7.44. The lowest BCUT2D eigenvalue weighted by molar-refractivity contribution is -0.135. The second-order valence-corrected chi connectivity index (χ2v) is 9.64. The number of fused-ring (bicyclic) bond motifs is 2. The van der Waals surface area contributed by atoms with Crippen LogP contribution in [-0.2, 0) is 28.9 Å². The Hall–Kier alpha value is -3.25. The quantitative estimate of drug-likeness (QED) is 0.503. The Bertz CT molecular complexity index is 1200. The number of likely N-dealkylation sites (tertiary alicyclic amines) is 1. The van der Waals surface area contributed by atoms with Crippen LogP contribution in [0.4, 0.5) is 0 Å². The zero-order valence-corrected chi connectivity index (χ0v) is 20.4. The molecule has 2 aliphatic heterocycles. The second kappa shape index (κ2) is 10.6. The van der Waals surface area contributed by atoms with Crippen molar-refractivity contribution in [2.24, 2.45) is 5.92 Å². The predicted molar refractivity (Wildman–Crippen MR) is 136 cm³/mol. The van der Waals surface area contributed by atoms with Gasteiger partial charge < -0.3 is 9.64 Å². The molecule has 0 bridgehead atoms. The molecule has 1 fully saturated rings. The molecule has 182 valence electrons. The van der Waals surface area contributed by atoms with Crippen LogP contribution in [0.15, 0.2) is 54.6 Å². The van der Waals surface area contributed by atoms with Crippen LogP contribution in [0.2, 0.25) is 0 Å². The topological polar surface area (TPSA) is 62.7 Å². The maximum Gasteiger partial charge on any atom is 0.339 e. The van der Waals surface area contributed by atoms with Crippen LogP contribution >= 0.6 is 0 Å². The van der Waals surface area contributed by atoms with Crippen LogP contribution < -0.4 is 0 Å². The molecule has 1 aromatic heterocycles. The maximum absolute atomic E-state index is 13.3. The minimum Gasteiger partial charge on any atom is -0.452 e. The predicted octanol–water partition coefficient (Wildman–Crippen LogP) is 4.25. The van der Waals surface area contributed by atoms with Crippen LogP contribution in [-0.4, -0.2) is 59.4 Å². The fraction of sp³-hybridized carbons (Fsp3) is 0.414. The number of para-hydroxylation sites is 1. The molecule has 1 amide bonds. The first-order valence-corrected chi connectivity index (χ1v) is 12.7. The average Bonchev–Trinajstić information content (AvgIpc) is 2.91. The van der Waals surface area contributed by atoms with Crippen LogP contribution in [0.5, 0.6) is 0 Å². The van der Waals surface area contributed by atoms with Gasteiger partial charge >= 0.3 is 5.97 Å². The number of hydrogen-bond acceptors (Lipinski definition) is 5. The second-order valence-electron chi connectivity index (χ2n) is 9.64. The van der Waals surface area contributed by atoms with E-state index in [4.69, 9.17) is 9.72 Å². The molecule has 6 heteroatoms. The number of esters is 1. The van der Waals surface area contributed by atoms with E-state index >= 15 is 0 Å². The molecule has 2 aliphatic rings. The number of hydrogen-bond donors (Lipinski definition) is 0. The number of amides is 1. The van der Waals surface area contributed by atoms with Gasteiger partial charge in [-0.2, -0.15) is 0 Å². The normalized spacial score (nSPS) is 16.8. The summed E-state index contributed by atoms with van der Waals surface area (Å²) in [6.07, 6.45) is 3.81. The highest BCUT2D eigenvalue weighted by Gasteiger charge is 2.28. The van der Waals surface area contributed by atoms with Gasteiger partial charge in [0, 0.05) is 49.2 Å². The van der Waals surface area contributed by atoms with Gasteiger partial charge in [-0.1, -0.05) is 55.5 Å². The Kier molecular flexibility index (Phi) is 7.09. The number of pyridine rings is 1. The minimum absolute atomic E-state index is 0.112. The van der Waals surface area contributed by atoms with Crippen molar-refractivity contribution in [3.05, 3.63) is 77.0 Å². The molecule has 6 nitrogen and oxygen atoms in total. The molecule has 0 atom stereocenters. The van der Waals surface area contributed by atoms with Crippen molar-refractivity contribution in [1.29, 1.82) is 0 Å². The molecule has 0 spiro atoms. The molecule has 0 aliphatic carbocycles. The molecular weight excluding hydrogens is 438 g/mol. The van der Waals surface area contributed by atoms with E-state index in [1.54, 1.807) is 0 Å². The highest BCUT2D eigenvalue weighted by molar-refractivity contribution is 6.05. The van der Waals surface area contributed by atoms with Crippen molar-refractivity contribution in [3.63, 3.8) is 0 Å². The smallest absolute Gasteiger partial charge is 0.339 e. The summed E-state index contributed by atoms with van der Waals surface area (Å²) >= 11 is 0. The summed E-state index contributed by atoms with van der Waals surface area (Å²) in [5.74, 6) is 0.0456. The van der Waals surface area contributed by atoms with Gasteiger partial charge in [-0.05, 0) is 43.4 Å². The number of carbonyl (C=O) groups excluding carboxylic acids is 2. The van der Waals surface area contributed by atoms with E-state index in [0.717, 1.165) is 60.9 Å². The third kappa shape index (κ3) is 5.22. The number of benzene rings is 2. The Morgan fingerprint density at radius 2 is 1.74 bits per heavy atom. The van der Waals surface area contributed by atoms with Crippen molar-refractivity contribution in [3.8, 4) is 0 Å². The number of nitrogens with zero attached hydrogens (tertiary/aromatic N) is 3. The first kappa shape index (κ1) is 23.5. The standard InChI is InChI=1S/C29H33N3O3/c1-2-31-15-14-26-24(19-31)28(23-10-6-7-11-25(23)30-26)29(34)35-20-27(33)32-16-12-22(13-17-32)18-21-8-4-3-5-9-21/h3-11,22H,2,12-20H2,1H3. The van der Waals surface area contributed by atoms with E-state index in [1.165, 1.54) is 5.56 Å². The van der Waals surface area contributed by atoms with Crippen LogP contribution in [0.3, 0.4) is 0 Å². The van der Waals surface area contributed by atoms with Gasteiger partial charge in [0.2, 0.25) is 0 Å². The van der Waals surface area contributed by atoms with Gasteiger partial charge in [-0.15, -0.1) is 0 Å². The van der Waals surface area contributed by atoms with Crippen LogP contribution in [0, 0.1) is 5.92 Å². The van der Waals surface area contributed by atoms with Gasteiger partial charge in [-0.25, -0.2) is 4.79 Å². The van der Waals surface area contributed by atoms with Crippen molar-refractivity contribution in [2.75, 3.05) is 32.8 Å². The van der Waals surface area contributed by atoms with Gasteiger partial charge in [0.25, 0.3) is 5.91 Å². The minimum atomic E-state index is -0.426. The molecule has 0 saturated carbocycles. The zero-order valence-electron chi connectivity index (χ0n) is 20.4. The maximum atomic E-state index is 13.3. The highest BCUT2D eigenvalue weighted by Crippen LogP contribution is 2.29. The fourth-order valence-corrected chi connectivity index (χ4v) is 5.37. The van der Waals surface area contributed by atoms with E-state index in [0.29, 0.717) is 31.1 Å². The largest absolute Gasteiger partial charge is 0.452 e. The van der Waals surface area contributed by atoms with Crippen molar-refractivity contribution >= 4 is 22.8 Å². The Morgan fingerprint density at radius 1 is 1.00 bits per heavy atom. The Labute approximate surface area is 206 Å². The SMILES string of the molecule is CCN1CCc2nc3ccccc3c(C(=O)OCC(=O)N3CCC(Cc4ccccc4)CC3)c2C1. The number of likely N-dealkylation sites (N-methyl/N-ethyl adjacent to an activating group) is 1. The average molecular weight is 472 g/mol. The lowest BCUT2D eigenvalue weighted by Gasteiger charge is -2.32. The zero-order chi connectivity index (χ0) is 24.2. The number of ether oxygens (including phenoxy) is 1. The molecular formula is C29H33N3O3. The summed E-state index contributed by atoms with van der Waals surface area (Å²) in [4.78, 5) is 35.2. The van der Waals surface area contributed by atoms with Gasteiger partial charge in [0.1, 0.15) is 0 Å². The van der Waals surface area contributed by atoms with Gasteiger partial charge in [-0.3, -0.25) is 14.7 Å². The summed E-state index contributed by atoms with van der Waals surface area (Å²) in [7, 11) is 0. The summed E-state index contributed by atoms with van der Waals surface area (Å²) in [6.45, 7) is 5.86. The summed E-state index contributed by atoms with van der Waals surface area (Å²) in [5, 5.41) is 0.795. The Balaban J connectivity index is 1.24. The van der Waals surface area contributed by atoms with E-state index in [1.807, 2.05) is 35.2 Å². The fourth-order valence-electron chi connectivity index (χ4n) is 5.37. The molecule has 1 saturated heterocycles. The van der Waals surface area contributed by atoms with E-state index in [-0.39, 0.29) is 12.5 Å². The summed E-state index contributed by atoms with van der Waals surface area (Å²) in [5.41, 5.74) is 4.62. The Morgan fingerprint density at radius 3 is 2.51 bits per heavy atom. The highest BCUT2D eigenvalue weighted by atomic mass is 16.5. The number of aromatic nitrogens is 1. The van der Waals surface area contributed by atoms with Crippen molar-refractivity contribution < 1.29 is 14.3 Å². The lowest BCUT2D eigenvalue weighted by atomic mass is 9.90. The summed E-state index contributed by atoms with van der Waals surface area (Å²) in [6, 6.07) is 18.2. The van der Waals surface area contributed by atoms with Crippen LogP contribution in [0.25, 0.3) is 10.9 Å². The molecule has 3 aromatic rings. The first-order chi connectivity index (χ1) is 17.1. The molecule has 2 aromatic carbocycles. The molecule has 3 heterocycles. The van der Waals surface area contributed by atoms with E-state index in [2.05, 4.69) is 36.1 Å². The molecule has 0 radical (unpaired) electrons. The van der Waals surface area contributed by atoms with Crippen molar-refractivity contribution in [2.45, 2.75) is 39.2 Å².